The molecule has 2 aromatic carbocycles. The van der Waals surface area contributed by atoms with E-state index in [1.807, 2.05) is 23.6 Å². The number of hydrogen-bond donors (Lipinski definition) is 1. The van der Waals surface area contributed by atoms with Gasteiger partial charge in [0.05, 0.1) is 11.4 Å². The number of aromatic nitrogens is 3. The fourth-order valence-corrected chi connectivity index (χ4v) is 3.90. The summed E-state index contributed by atoms with van der Waals surface area (Å²) in [6.45, 7) is 1.99. The molecule has 4 heteroatoms. The van der Waals surface area contributed by atoms with Gasteiger partial charge in [0.25, 0.3) is 0 Å². The van der Waals surface area contributed by atoms with Crippen LogP contribution in [0.25, 0.3) is 28.0 Å². The second-order valence-corrected chi connectivity index (χ2v) is 7.54. The molecule has 4 aromatic rings. The van der Waals surface area contributed by atoms with Gasteiger partial charge in [0.2, 0.25) is 0 Å². The minimum absolute atomic E-state index is 0.138. The number of fused-ring (bicyclic) bond motifs is 1. The molecule has 134 valence electrons. The Morgan fingerprint density at radius 2 is 1.70 bits per heavy atom. The van der Waals surface area contributed by atoms with Crippen molar-refractivity contribution >= 4 is 5.65 Å². The maximum absolute atomic E-state index is 6.48. The van der Waals surface area contributed by atoms with Gasteiger partial charge in [0.1, 0.15) is 0 Å². The van der Waals surface area contributed by atoms with Crippen molar-refractivity contribution in [1.82, 2.24) is 14.6 Å². The van der Waals surface area contributed by atoms with Crippen molar-refractivity contribution in [2.45, 2.75) is 31.7 Å². The zero-order valence-corrected chi connectivity index (χ0v) is 15.4. The first kappa shape index (κ1) is 16.2. The van der Waals surface area contributed by atoms with Crippen molar-refractivity contribution in [3.05, 3.63) is 78.1 Å². The molecule has 4 nitrogen and oxygen atoms in total. The predicted octanol–water partition coefficient (Wildman–Crippen LogP) is 4.71. The van der Waals surface area contributed by atoms with Crippen molar-refractivity contribution in [2.24, 2.45) is 5.73 Å². The largest absolute Gasteiger partial charge is 0.321 e. The summed E-state index contributed by atoms with van der Waals surface area (Å²) in [7, 11) is 0. The molecular weight excluding hydrogens is 332 g/mol. The monoisotopic (exact) mass is 354 g/mol. The lowest BCUT2D eigenvalue weighted by molar-refractivity contribution is 0.253. The van der Waals surface area contributed by atoms with Crippen LogP contribution in [-0.2, 0) is 5.54 Å². The third-order valence-corrected chi connectivity index (χ3v) is 5.63. The average Bonchev–Trinajstić information content (AvgIpc) is 3.05. The van der Waals surface area contributed by atoms with Crippen molar-refractivity contribution < 1.29 is 0 Å². The summed E-state index contributed by atoms with van der Waals surface area (Å²) in [6.07, 6.45) is 5.43. The highest BCUT2D eigenvalue weighted by atomic mass is 15.2. The Kier molecular flexibility index (Phi) is 3.62. The zero-order chi connectivity index (χ0) is 18.4. The SMILES string of the molecule is Cc1cc2nc(-c3ccc(C4(N)CCC4)cc3)c(-c3ccccc3)cn2n1. The molecule has 0 unspecified atom stereocenters. The summed E-state index contributed by atoms with van der Waals surface area (Å²) < 4.78 is 1.86. The first-order chi connectivity index (χ1) is 13.1. The summed E-state index contributed by atoms with van der Waals surface area (Å²) in [4.78, 5) is 4.94. The molecular formula is C23H22N4. The minimum atomic E-state index is -0.138. The fourth-order valence-electron chi connectivity index (χ4n) is 3.90. The molecule has 2 heterocycles. The smallest absolute Gasteiger partial charge is 0.155 e. The lowest BCUT2D eigenvalue weighted by atomic mass is 9.72. The number of aryl methyl sites for hydroxylation is 1. The molecule has 0 bridgehead atoms. The molecule has 2 aromatic heterocycles. The van der Waals surface area contributed by atoms with Gasteiger partial charge in [-0.2, -0.15) is 5.10 Å². The fraction of sp³-hybridized carbons (Fsp3) is 0.217. The molecule has 2 N–H and O–H groups in total. The van der Waals surface area contributed by atoms with Crippen LogP contribution in [0.4, 0.5) is 0 Å². The molecule has 27 heavy (non-hydrogen) atoms. The zero-order valence-electron chi connectivity index (χ0n) is 15.4. The molecule has 0 saturated heterocycles. The Labute approximate surface area is 158 Å². The lowest BCUT2D eigenvalue weighted by Crippen LogP contribution is -2.43. The maximum Gasteiger partial charge on any atom is 0.155 e. The van der Waals surface area contributed by atoms with Crippen molar-refractivity contribution in [3.63, 3.8) is 0 Å². The van der Waals surface area contributed by atoms with E-state index in [4.69, 9.17) is 10.7 Å². The predicted molar refractivity (Wildman–Crippen MR) is 108 cm³/mol. The molecule has 1 saturated carbocycles. The highest BCUT2D eigenvalue weighted by Crippen LogP contribution is 2.39. The normalized spacial score (nSPS) is 15.6. The van der Waals surface area contributed by atoms with Gasteiger partial charge in [-0.25, -0.2) is 9.50 Å². The molecule has 0 aliphatic heterocycles. The first-order valence-electron chi connectivity index (χ1n) is 9.45. The lowest BCUT2D eigenvalue weighted by Gasteiger charge is -2.38. The topological polar surface area (TPSA) is 56.2 Å². The van der Waals surface area contributed by atoms with E-state index in [2.05, 4.69) is 59.8 Å². The van der Waals surface area contributed by atoms with Gasteiger partial charge in [-0.3, -0.25) is 0 Å². The highest BCUT2D eigenvalue weighted by molar-refractivity contribution is 5.81. The molecule has 1 aliphatic carbocycles. The van der Waals surface area contributed by atoms with E-state index in [-0.39, 0.29) is 5.54 Å². The van der Waals surface area contributed by atoms with Gasteiger partial charge < -0.3 is 5.73 Å². The van der Waals surface area contributed by atoms with Gasteiger partial charge in [0, 0.05) is 28.9 Å². The van der Waals surface area contributed by atoms with Crippen molar-refractivity contribution in [2.75, 3.05) is 0 Å². The van der Waals surface area contributed by atoms with E-state index in [9.17, 15) is 0 Å². The van der Waals surface area contributed by atoms with Crippen LogP contribution in [0.1, 0.15) is 30.5 Å². The van der Waals surface area contributed by atoms with E-state index < -0.39 is 0 Å². The number of hydrogen-bond acceptors (Lipinski definition) is 3. The number of benzene rings is 2. The molecule has 5 rings (SSSR count). The van der Waals surface area contributed by atoms with Gasteiger partial charge in [-0.15, -0.1) is 0 Å². The van der Waals surface area contributed by atoms with E-state index in [0.29, 0.717) is 0 Å². The molecule has 1 aliphatic rings. The molecule has 0 radical (unpaired) electrons. The first-order valence-corrected chi connectivity index (χ1v) is 9.45. The summed E-state index contributed by atoms with van der Waals surface area (Å²) in [5.41, 5.74) is 13.7. The van der Waals surface area contributed by atoms with Crippen LogP contribution in [0.15, 0.2) is 66.9 Å². The van der Waals surface area contributed by atoms with Crippen LogP contribution in [0.5, 0.6) is 0 Å². The molecule has 0 amide bonds. The van der Waals surface area contributed by atoms with Crippen LogP contribution in [-0.4, -0.2) is 14.6 Å². The summed E-state index contributed by atoms with van der Waals surface area (Å²) in [6, 6.07) is 21.0. The van der Waals surface area contributed by atoms with Crippen LogP contribution < -0.4 is 5.73 Å². The Morgan fingerprint density at radius 1 is 0.963 bits per heavy atom. The Hall–Kier alpha value is -2.98. The van der Waals surface area contributed by atoms with Crippen LogP contribution in [0, 0.1) is 6.92 Å². The number of rotatable bonds is 3. The Balaban J connectivity index is 1.67. The van der Waals surface area contributed by atoms with Crippen molar-refractivity contribution in [3.8, 4) is 22.4 Å². The molecule has 0 atom stereocenters. The van der Waals surface area contributed by atoms with E-state index in [1.165, 1.54) is 12.0 Å². The van der Waals surface area contributed by atoms with Gasteiger partial charge in [-0.05, 0) is 37.3 Å². The van der Waals surface area contributed by atoms with Gasteiger partial charge in [0.15, 0.2) is 5.65 Å². The summed E-state index contributed by atoms with van der Waals surface area (Å²) >= 11 is 0. The Bertz CT molecular complexity index is 1110. The second kappa shape index (κ2) is 6.03. The van der Waals surface area contributed by atoms with Gasteiger partial charge in [-0.1, -0.05) is 54.6 Å². The average molecular weight is 354 g/mol. The summed E-state index contributed by atoms with van der Waals surface area (Å²) in [5, 5.41) is 4.54. The number of nitrogens with two attached hydrogens (primary N) is 1. The van der Waals surface area contributed by atoms with Crippen LogP contribution >= 0.6 is 0 Å². The Morgan fingerprint density at radius 3 is 2.37 bits per heavy atom. The van der Waals surface area contributed by atoms with E-state index in [0.717, 1.165) is 46.6 Å². The summed E-state index contributed by atoms with van der Waals surface area (Å²) in [5.74, 6) is 0. The number of nitrogens with zero attached hydrogens (tertiary/aromatic N) is 3. The molecule has 0 spiro atoms. The third-order valence-electron chi connectivity index (χ3n) is 5.63. The van der Waals surface area contributed by atoms with E-state index in [1.54, 1.807) is 0 Å². The van der Waals surface area contributed by atoms with Crippen LogP contribution in [0.3, 0.4) is 0 Å². The van der Waals surface area contributed by atoms with Crippen molar-refractivity contribution in [1.29, 1.82) is 0 Å². The highest BCUT2D eigenvalue weighted by Gasteiger charge is 2.34. The molecule has 1 fully saturated rings. The maximum atomic E-state index is 6.48. The van der Waals surface area contributed by atoms with Gasteiger partial charge >= 0.3 is 0 Å². The second-order valence-electron chi connectivity index (χ2n) is 7.54. The quantitative estimate of drug-likeness (QED) is 0.580. The van der Waals surface area contributed by atoms with E-state index >= 15 is 0 Å². The standard InChI is InChI=1S/C23H22N4/c1-16-14-21-25-22(18-8-10-19(11-9-18)23(24)12-5-13-23)20(15-27(21)26-16)17-6-3-2-4-7-17/h2-4,6-11,14-15H,5,12-13,24H2,1H3. The minimum Gasteiger partial charge on any atom is -0.321 e. The third kappa shape index (κ3) is 2.73. The van der Waals surface area contributed by atoms with Crippen LogP contribution in [0.2, 0.25) is 0 Å².